The zero-order chi connectivity index (χ0) is 15.9. The molecule has 1 aliphatic rings. The molecule has 1 heterocycles. The molecule has 0 aliphatic carbocycles. The van der Waals surface area contributed by atoms with Crippen LogP contribution in [0.25, 0.3) is 0 Å². The third-order valence-corrected chi connectivity index (χ3v) is 4.32. The molecule has 3 rings (SSSR count). The highest BCUT2D eigenvalue weighted by molar-refractivity contribution is 5.27. The number of aryl methyl sites for hydroxylation is 1. The van der Waals surface area contributed by atoms with Crippen molar-refractivity contribution in [2.45, 2.75) is 19.9 Å². The van der Waals surface area contributed by atoms with Gasteiger partial charge in [0.25, 0.3) is 0 Å². The van der Waals surface area contributed by atoms with Crippen molar-refractivity contribution in [3.63, 3.8) is 0 Å². The summed E-state index contributed by atoms with van der Waals surface area (Å²) in [5.74, 6) is 0.959. The Kier molecular flexibility index (Phi) is 5.67. The number of nitrogens with zero attached hydrogens (tertiary/aromatic N) is 1. The zero-order valence-corrected chi connectivity index (χ0v) is 13.9. The topological polar surface area (TPSA) is 24.5 Å². The van der Waals surface area contributed by atoms with E-state index in [9.17, 15) is 0 Å². The molecule has 3 nitrogen and oxygen atoms in total. The monoisotopic (exact) mass is 310 g/mol. The molecule has 2 aromatic carbocycles. The molecule has 1 N–H and O–H groups in total. The normalized spacial score (nSPS) is 15.5. The van der Waals surface area contributed by atoms with Crippen LogP contribution >= 0.6 is 0 Å². The van der Waals surface area contributed by atoms with Crippen LogP contribution in [0.3, 0.4) is 0 Å². The molecule has 23 heavy (non-hydrogen) atoms. The average Bonchev–Trinajstić information content (AvgIpc) is 2.59. The maximum Gasteiger partial charge on any atom is 0.119 e. The fraction of sp³-hybridized carbons (Fsp3) is 0.400. The molecule has 0 radical (unpaired) electrons. The molecule has 0 atom stereocenters. The summed E-state index contributed by atoms with van der Waals surface area (Å²) in [6, 6.07) is 17.2. The summed E-state index contributed by atoms with van der Waals surface area (Å²) >= 11 is 0. The highest BCUT2D eigenvalue weighted by Gasteiger charge is 2.09. The first-order chi connectivity index (χ1) is 11.3. The molecular weight excluding hydrogens is 284 g/mol. The third kappa shape index (κ3) is 5.08. The number of hydrogen-bond acceptors (Lipinski definition) is 3. The van der Waals surface area contributed by atoms with Gasteiger partial charge < -0.3 is 10.1 Å². The number of hydrogen-bond donors (Lipinski definition) is 1. The number of ether oxygens (including phenoxy) is 1. The van der Waals surface area contributed by atoms with Crippen LogP contribution in [0.4, 0.5) is 0 Å². The standard InChI is InChI=1S/C20H26N2O/c1-17-2-4-18(5-3-17)10-15-23-20-8-6-19(7-9-20)16-22-13-11-21-12-14-22/h2-9,21H,10-16H2,1H3. The Labute approximate surface area is 139 Å². The smallest absolute Gasteiger partial charge is 0.119 e. The minimum atomic E-state index is 0.722. The van der Waals surface area contributed by atoms with Gasteiger partial charge >= 0.3 is 0 Å². The average molecular weight is 310 g/mol. The Morgan fingerprint density at radius 2 is 1.57 bits per heavy atom. The molecule has 1 fully saturated rings. The molecule has 1 saturated heterocycles. The fourth-order valence-electron chi connectivity index (χ4n) is 2.86. The van der Waals surface area contributed by atoms with E-state index in [0.717, 1.165) is 51.5 Å². The summed E-state index contributed by atoms with van der Waals surface area (Å²) in [4.78, 5) is 2.49. The molecule has 2 aromatic rings. The lowest BCUT2D eigenvalue weighted by Gasteiger charge is -2.27. The van der Waals surface area contributed by atoms with Crippen LogP contribution < -0.4 is 10.1 Å². The lowest BCUT2D eigenvalue weighted by Crippen LogP contribution is -2.42. The van der Waals surface area contributed by atoms with Crippen LogP contribution in [0, 0.1) is 6.92 Å². The van der Waals surface area contributed by atoms with Crippen LogP contribution in [0.15, 0.2) is 48.5 Å². The predicted octanol–water partition coefficient (Wildman–Crippen LogP) is 3.02. The SMILES string of the molecule is Cc1ccc(CCOc2ccc(CN3CCNCC3)cc2)cc1. The lowest BCUT2D eigenvalue weighted by molar-refractivity contribution is 0.233. The van der Waals surface area contributed by atoms with Crippen LogP contribution in [-0.4, -0.2) is 37.7 Å². The Bertz CT molecular complexity index is 586. The van der Waals surface area contributed by atoms with Crippen LogP contribution in [0.5, 0.6) is 5.75 Å². The molecule has 0 aromatic heterocycles. The fourth-order valence-corrected chi connectivity index (χ4v) is 2.86. The van der Waals surface area contributed by atoms with Gasteiger partial charge in [-0.3, -0.25) is 4.90 Å². The maximum absolute atomic E-state index is 5.86. The van der Waals surface area contributed by atoms with Crippen LogP contribution in [-0.2, 0) is 13.0 Å². The van der Waals surface area contributed by atoms with E-state index in [1.54, 1.807) is 0 Å². The largest absolute Gasteiger partial charge is 0.493 e. The van der Waals surface area contributed by atoms with Crippen molar-refractivity contribution in [3.8, 4) is 5.75 Å². The summed E-state index contributed by atoms with van der Waals surface area (Å²) in [5.41, 5.74) is 3.98. The van der Waals surface area contributed by atoms with E-state index in [4.69, 9.17) is 4.74 Å². The Balaban J connectivity index is 1.44. The van der Waals surface area contributed by atoms with Gasteiger partial charge in [-0.1, -0.05) is 42.0 Å². The van der Waals surface area contributed by atoms with Crippen molar-refractivity contribution in [2.75, 3.05) is 32.8 Å². The van der Waals surface area contributed by atoms with E-state index in [-0.39, 0.29) is 0 Å². The van der Waals surface area contributed by atoms with E-state index < -0.39 is 0 Å². The van der Waals surface area contributed by atoms with Gasteiger partial charge in [-0.15, -0.1) is 0 Å². The summed E-state index contributed by atoms with van der Waals surface area (Å²) in [5, 5.41) is 3.39. The van der Waals surface area contributed by atoms with Gasteiger partial charge in [0.1, 0.15) is 5.75 Å². The van der Waals surface area contributed by atoms with Crippen molar-refractivity contribution in [1.82, 2.24) is 10.2 Å². The van der Waals surface area contributed by atoms with E-state index in [2.05, 4.69) is 65.7 Å². The van der Waals surface area contributed by atoms with Gasteiger partial charge in [0.05, 0.1) is 6.61 Å². The zero-order valence-electron chi connectivity index (χ0n) is 13.9. The Hall–Kier alpha value is -1.84. The second-order valence-electron chi connectivity index (χ2n) is 6.25. The van der Waals surface area contributed by atoms with Crippen molar-refractivity contribution < 1.29 is 4.74 Å². The molecule has 3 heteroatoms. The van der Waals surface area contributed by atoms with Crippen molar-refractivity contribution >= 4 is 0 Å². The summed E-state index contributed by atoms with van der Waals surface area (Å²) in [7, 11) is 0. The third-order valence-electron chi connectivity index (χ3n) is 4.32. The van der Waals surface area contributed by atoms with Gasteiger partial charge in [0.15, 0.2) is 0 Å². The Morgan fingerprint density at radius 3 is 2.26 bits per heavy atom. The molecule has 0 bridgehead atoms. The molecule has 0 spiro atoms. The first-order valence-corrected chi connectivity index (χ1v) is 8.50. The van der Waals surface area contributed by atoms with Crippen molar-refractivity contribution in [3.05, 3.63) is 65.2 Å². The number of benzene rings is 2. The molecule has 0 saturated carbocycles. The van der Waals surface area contributed by atoms with Gasteiger partial charge in [-0.05, 0) is 30.2 Å². The summed E-state index contributed by atoms with van der Waals surface area (Å²) in [6.45, 7) is 8.33. The summed E-state index contributed by atoms with van der Waals surface area (Å²) in [6.07, 6.45) is 0.947. The second kappa shape index (κ2) is 8.14. The quantitative estimate of drug-likeness (QED) is 0.887. The van der Waals surface area contributed by atoms with Crippen LogP contribution in [0.2, 0.25) is 0 Å². The van der Waals surface area contributed by atoms with Crippen molar-refractivity contribution in [2.24, 2.45) is 0 Å². The van der Waals surface area contributed by atoms with Crippen LogP contribution in [0.1, 0.15) is 16.7 Å². The highest BCUT2D eigenvalue weighted by atomic mass is 16.5. The van der Waals surface area contributed by atoms with E-state index in [0.29, 0.717) is 0 Å². The van der Waals surface area contributed by atoms with Gasteiger partial charge in [-0.25, -0.2) is 0 Å². The van der Waals surface area contributed by atoms with Gasteiger partial charge in [0, 0.05) is 39.1 Å². The molecule has 0 amide bonds. The first kappa shape index (κ1) is 16.0. The van der Waals surface area contributed by atoms with E-state index in [1.165, 1.54) is 16.7 Å². The summed E-state index contributed by atoms with van der Waals surface area (Å²) < 4.78 is 5.86. The molecule has 0 unspecified atom stereocenters. The number of rotatable bonds is 6. The highest BCUT2D eigenvalue weighted by Crippen LogP contribution is 2.14. The second-order valence-corrected chi connectivity index (χ2v) is 6.25. The predicted molar refractivity (Wildman–Crippen MR) is 95.0 cm³/mol. The maximum atomic E-state index is 5.86. The number of nitrogens with one attached hydrogen (secondary N) is 1. The van der Waals surface area contributed by atoms with Gasteiger partial charge in [0.2, 0.25) is 0 Å². The van der Waals surface area contributed by atoms with Crippen molar-refractivity contribution in [1.29, 1.82) is 0 Å². The first-order valence-electron chi connectivity index (χ1n) is 8.50. The van der Waals surface area contributed by atoms with Gasteiger partial charge in [-0.2, -0.15) is 0 Å². The minimum Gasteiger partial charge on any atom is -0.493 e. The minimum absolute atomic E-state index is 0.722. The lowest BCUT2D eigenvalue weighted by atomic mass is 10.1. The molecular formula is C20H26N2O. The Morgan fingerprint density at radius 1 is 0.913 bits per heavy atom. The molecule has 122 valence electrons. The number of piperazine rings is 1. The van der Waals surface area contributed by atoms with E-state index in [1.807, 2.05) is 0 Å². The van der Waals surface area contributed by atoms with E-state index >= 15 is 0 Å². The molecule has 1 aliphatic heterocycles.